The maximum absolute atomic E-state index is 15.5. The van der Waals surface area contributed by atoms with Crippen LogP contribution in [0.25, 0.3) is 21.8 Å². The van der Waals surface area contributed by atoms with Gasteiger partial charge in [-0.2, -0.15) is 0 Å². The highest BCUT2D eigenvalue weighted by molar-refractivity contribution is 8.09. The summed E-state index contributed by atoms with van der Waals surface area (Å²) in [6.45, 7) is 6.16. The second-order valence-corrected chi connectivity index (χ2v) is 23.0. The minimum Gasteiger partial charge on any atom is -0.461 e. The Morgan fingerprint density at radius 1 is 0.600 bits per heavy atom. The molecule has 428 valence electrons. The average molecular weight is 1150 g/mol. The molecule has 5 saturated heterocycles. The summed E-state index contributed by atoms with van der Waals surface area (Å²) in [7, 11) is 5.19. The topological polar surface area (TPSA) is 320 Å². The fourth-order valence-corrected chi connectivity index (χ4v) is 13.4. The Kier molecular flexibility index (Phi) is 18.1. The van der Waals surface area contributed by atoms with Crippen molar-refractivity contribution in [3.8, 4) is 0 Å². The first-order valence-corrected chi connectivity index (χ1v) is 27.5. The van der Waals surface area contributed by atoms with E-state index in [0.29, 0.717) is 11.0 Å². The van der Waals surface area contributed by atoms with Crippen LogP contribution in [0.2, 0.25) is 0 Å². The number of para-hydroxylation sites is 2. The van der Waals surface area contributed by atoms with E-state index in [-0.39, 0.29) is 10.8 Å². The number of fused-ring (bicyclic) bond motifs is 24. The molecule has 7 heterocycles. The lowest BCUT2D eigenvalue weighted by Gasteiger charge is -2.53. The van der Waals surface area contributed by atoms with Crippen molar-refractivity contribution in [2.24, 2.45) is 11.8 Å². The van der Waals surface area contributed by atoms with Gasteiger partial charge in [-0.15, -0.1) is 23.5 Å². The molecule has 26 nitrogen and oxygen atoms in total. The number of rotatable bonds is 8. The van der Waals surface area contributed by atoms with Crippen molar-refractivity contribution in [3.05, 3.63) is 81.9 Å². The highest BCUT2D eigenvalue weighted by Gasteiger charge is 2.61. The molecule has 9 rings (SSSR count). The van der Waals surface area contributed by atoms with E-state index >= 15 is 9.59 Å². The molecule has 28 heteroatoms. The van der Waals surface area contributed by atoms with Gasteiger partial charge in [-0.3, -0.25) is 57.1 Å². The van der Waals surface area contributed by atoms with Crippen molar-refractivity contribution >= 4 is 105 Å². The van der Waals surface area contributed by atoms with Gasteiger partial charge in [0.15, 0.2) is 9.74 Å². The molecule has 80 heavy (non-hydrogen) atoms. The summed E-state index contributed by atoms with van der Waals surface area (Å²) in [5.41, 5.74) is -0.351. The number of thioether (sulfide) groups is 2. The molecule has 8 amide bonds. The lowest BCUT2D eigenvalue weighted by Crippen LogP contribution is -2.71. The lowest BCUT2D eigenvalue weighted by atomic mass is 10.0. The molecule has 4 N–H and O–H groups in total. The van der Waals surface area contributed by atoms with E-state index in [1.807, 2.05) is 0 Å². The SMILES string of the molecule is CC1NC(=O)C(NC(=O)Cn2cnc3ccccc3c2=O)COC(=O)C(C(C)C)N(C)C(=O)C23CSC(CS2)(C(=O)N(C)C(C(C)C)C(=O)OCC(NC(=O)Cn2cnc4ccccc4c2=O)C(=O)NC(C)C(=O)N3C)N(C)C1=O. The molecular formula is C52H64N12O14S2. The molecule has 8 unspecified atom stereocenters. The van der Waals surface area contributed by atoms with Crippen molar-refractivity contribution in [1.82, 2.24) is 60.0 Å². The monoisotopic (exact) mass is 1140 g/mol. The number of aromatic nitrogens is 4. The van der Waals surface area contributed by atoms with Gasteiger partial charge in [0, 0.05) is 39.7 Å². The zero-order valence-corrected chi connectivity index (χ0v) is 47.4. The molecule has 0 spiro atoms. The Hall–Kier alpha value is -7.88. The van der Waals surface area contributed by atoms with Crippen molar-refractivity contribution in [1.29, 1.82) is 0 Å². The van der Waals surface area contributed by atoms with Gasteiger partial charge in [-0.1, -0.05) is 52.0 Å². The number of benzene rings is 2. The van der Waals surface area contributed by atoms with Crippen LogP contribution in [0.4, 0.5) is 0 Å². The predicted molar refractivity (Wildman–Crippen MR) is 292 cm³/mol. The van der Waals surface area contributed by atoms with E-state index in [1.54, 1.807) is 64.1 Å². The molecule has 0 aliphatic carbocycles. The molecule has 8 atom stereocenters. The third kappa shape index (κ3) is 11.9. The van der Waals surface area contributed by atoms with Crippen LogP contribution in [-0.4, -0.2) is 197 Å². The summed E-state index contributed by atoms with van der Waals surface area (Å²) in [5.74, 6) is -11.6. The van der Waals surface area contributed by atoms with Gasteiger partial charge in [-0.05, 0) is 49.9 Å². The number of likely N-dealkylation sites (N-methyl/N-ethyl adjacent to an activating group) is 4. The molecule has 2 bridgehead atoms. The summed E-state index contributed by atoms with van der Waals surface area (Å²) in [6.07, 6.45) is 2.32. The second kappa shape index (κ2) is 24.2. The van der Waals surface area contributed by atoms with Crippen LogP contribution in [0.1, 0.15) is 41.5 Å². The second-order valence-electron chi connectivity index (χ2n) is 20.5. The standard InChI is InChI=1S/C52H64N12O14S2/c1-27(2)39-47(73)77-21-35(57-37(65)19-63-25-53-33-17-13-11-15-31(33)45(63)71)41(67)55-30(6)44(70)62(10)52-24-79-51(23-80-52,49(75)59(39)7)61(9)43(69)29(5)56-42(68)36(22-78-48(74)40(28(3)4)60(8)50(52)76)58-38(66)20-64-26-54-34-18-14-12-16-32(34)46(64)72/h11-18,25-30,35-36,39-40H,19-24H2,1-10H3,(H,55,67)(H,56,68)(H,57,65)(H,58,66). The summed E-state index contributed by atoms with van der Waals surface area (Å²) in [5, 5.41) is 10.5. The van der Waals surface area contributed by atoms with Crippen molar-refractivity contribution in [2.45, 2.75) is 101 Å². The Bertz CT molecular complexity index is 3060. The number of carbonyl (C=O) groups is 10. The summed E-state index contributed by atoms with van der Waals surface area (Å²) >= 11 is 1.59. The van der Waals surface area contributed by atoms with Gasteiger partial charge >= 0.3 is 11.9 Å². The molecular weight excluding hydrogens is 1080 g/mol. The van der Waals surface area contributed by atoms with E-state index in [0.717, 1.165) is 64.9 Å². The van der Waals surface area contributed by atoms with Gasteiger partial charge in [0.25, 0.3) is 22.9 Å². The van der Waals surface area contributed by atoms with Crippen molar-refractivity contribution in [2.75, 3.05) is 52.9 Å². The fraction of sp³-hybridized carbons (Fsp3) is 0.500. The summed E-state index contributed by atoms with van der Waals surface area (Å²) in [4.78, 5) is 181. The molecule has 5 fully saturated rings. The molecule has 5 aliphatic heterocycles. The van der Waals surface area contributed by atoms with Crippen LogP contribution >= 0.6 is 23.5 Å². The maximum Gasteiger partial charge on any atom is 0.329 e. The van der Waals surface area contributed by atoms with Crippen LogP contribution < -0.4 is 32.4 Å². The third-order valence-corrected chi connectivity index (χ3v) is 17.9. The zero-order valence-electron chi connectivity index (χ0n) is 45.7. The van der Waals surface area contributed by atoms with E-state index in [1.165, 1.54) is 54.2 Å². The van der Waals surface area contributed by atoms with Gasteiger partial charge in [-0.25, -0.2) is 19.6 Å². The lowest BCUT2D eigenvalue weighted by molar-refractivity contribution is -0.162. The summed E-state index contributed by atoms with van der Waals surface area (Å²) < 4.78 is 13.5. The summed E-state index contributed by atoms with van der Waals surface area (Å²) in [6, 6.07) is 3.70. The Morgan fingerprint density at radius 2 is 0.950 bits per heavy atom. The molecule has 0 radical (unpaired) electrons. The number of esters is 2. The quantitative estimate of drug-likeness (QED) is 0.148. The minimum atomic E-state index is -2.03. The molecule has 5 aliphatic rings. The Labute approximate surface area is 467 Å². The van der Waals surface area contributed by atoms with E-state index in [4.69, 9.17) is 9.47 Å². The maximum atomic E-state index is 15.5. The number of hydrogen-bond donors (Lipinski definition) is 4. The van der Waals surface area contributed by atoms with Crippen LogP contribution in [-0.2, 0) is 70.5 Å². The van der Waals surface area contributed by atoms with Gasteiger partial charge in [0.05, 0.1) is 34.5 Å². The number of amides is 8. The van der Waals surface area contributed by atoms with Crippen LogP contribution in [0.15, 0.2) is 70.8 Å². The van der Waals surface area contributed by atoms with Gasteiger partial charge in [0.1, 0.15) is 62.6 Å². The zero-order chi connectivity index (χ0) is 58.7. The van der Waals surface area contributed by atoms with E-state index < -0.39 is 166 Å². The predicted octanol–water partition coefficient (Wildman–Crippen LogP) is -1.35. The first-order chi connectivity index (χ1) is 37.7. The van der Waals surface area contributed by atoms with E-state index in [9.17, 15) is 47.9 Å². The molecule has 0 saturated carbocycles. The molecule has 2 aromatic heterocycles. The van der Waals surface area contributed by atoms with E-state index in [2.05, 4.69) is 31.2 Å². The number of carbonyl (C=O) groups excluding carboxylic acids is 10. The first-order valence-electron chi connectivity index (χ1n) is 25.5. The molecule has 2 aromatic carbocycles. The fourth-order valence-electron chi connectivity index (χ4n) is 9.78. The van der Waals surface area contributed by atoms with Gasteiger partial charge < -0.3 is 50.3 Å². The number of nitrogens with one attached hydrogen (secondary N) is 4. The van der Waals surface area contributed by atoms with Crippen molar-refractivity contribution in [3.63, 3.8) is 0 Å². The molecule has 4 aromatic rings. The largest absolute Gasteiger partial charge is 0.461 e. The Morgan fingerprint density at radius 3 is 1.29 bits per heavy atom. The highest BCUT2D eigenvalue weighted by atomic mass is 32.2. The minimum absolute atomic E-state index is 0.221. The van der Waals surface area contributed by atoms with Crippen LogP contribution in [0.5, 0.6) is 0 Å². The number of hydrogen-bond acceptors (Lipinski definition) is 18. The smallest absolute Gasteiger partial charge is 0.329 e. The van der Waals surface area contributed by atoms with Gasteiger partial charge in [0.2, 0.25) is 35.4 Å². The average Bonchev–Trinajstić information content (AvgIpc) is 3.48. The third-order valence-electron chi connectivity index (χ3n) is 14.3. The van der Waals surface area contributed by atoms with Crippen LogP contribution in [0.3, 0.4) is 0 Å². The highest BCUT2D eigenvalue weighted by Crippen LogP contribution is 2.50. The number of ether oxygens (including phenoxy) is 2. The van der Waals surface area contributed by atoms with Crippen LogP contribution in [0, 0.1) is 11.8 Å². The van der Waals surface area contributed by atoms with Crippen molar-refractivity contribution < 1.29 is 57.4 Å². The normalized spacial score (nSPS) is 26.2. The number of nitrogens with zero attached hydrogens (tertiary/aromatic N) is 8. The Balaban J connectivity index is 1.27. The first kappa shape index (κ1) is 59.8.